The van der Waals surface area contributed by atoms with Crippen molar-refractivity contribution < 1.29 is 28.6 Å². The molecular weight excluding hydrogens is 317 g/mol. The summed E-state index contributed by atoms with van der Waals surface area (Å²) >= 11 is 0. The van der Waals surface area contributed by atoms with Gasteiger partial charge in [0.05, 0.1) is 6.42 Å². The lowest BCUT2D eigenvalue weighted by Gasteiger charge is -2.30. The summed E-state index contributed by atoms with van der Waals surface area (Å²) in [5.41, 5.74) is 0.495. The van der Waals surface area contributed by atoms with Crippen molar-refractivity contribution in [2.75, 3.05) is 19.7 Å². The number of amides is 1. The zero-order valence-corrected chi connectivity index (χ0v) is 13.2. The van der Waals surface area contributed by atoms with Crippen LogP contribution in [-0.4, -0.2) is 47.9 Å². The van der Waals surface area contributed by atoms with Crippen LogP contribution in [0.4, 0.5) is 9.18 Å². The molecule has 0 aliphatic carbocycles. The van der Waals surface area contributed by atoms with Crippen molar-refractivity contribution in [3.63, 3.8) is 0 Å². The molecule has 2 rings (SSSR count). The average Bonchev–Trinajstić information content (AvgIpc) is 2.56. The molecule has 130 valence electrons. The van der Waals surface area contributed by atoms with Crippen LogP contribution in [0.2, 0.25) is 0 Å². The molecule has 1 fully saturated rings. The van der Waals surface area contributed by atoms with Crippen molar-refractivity contribution in [2.45, 2.75) is 25.4 Å². The number of nitrogens with zero attached hydrogens (tertiary/aromatic N) is 1. The summed E-state index contributed by atoms with van der Waals surface area (Å²) < 4.78 is 24.6. The standard InChI is InChI=1S/C17H20FNO5/c1-2-9-23-16(20)11-12-3-4-15(14(18)10-12)24-13-5-7-19(8-6-13)17(21)22/h2-4,10,13H,1,5-9,11H2,(H,21,22). The van der Waals surface area contributed by atoms with Gasteiger partial charge in [-0.1, -0.05) is 18.7 Å². The van der Waals surface area contributed by atoms with E-state index in [0.29, 0.717) is 31.5 Å². The van der Waals surface area contributed by atoms with Gasteiger partial charge in [0.2, 0.25) is 0 Å². The molecule has 7 heteroatoms. The number of carbonyl (C=O) groups is 2. The maximum Gasteiger partial charge on any atom is 0.407 e. The zero-order chi connectivity index (χ0) is 17.5. The van der Waals surface area contributed by atoms with E-state index in [1.165, 1.54) is 23.1 Å². The molecule has 0 bridgehead atoms. The van der Waals surface area contributed by atoms with E-state index in [2.05, 4.69) is 6.58 Å². The SMILES string of the molecule is C=CCOC(=O)Cc1ccc(OC2CCN(C(=O)O)CC2)c(F)c1. The Morgan fingerprint density at radius 3 is 2.67 bits per heavy atom. The molecular formula is C17H20FNO5. The Kier molecular flexibility index (Phi) is 6.17. The van der Waals surface area contributed by atoms with Crippen LogP contribution < -0.4 is 4.74 Å². The van der Waals surface area contributed by atoms with E-state index >= 15 is 0 Å². The molecule has 0 unspecified atom stereocenters. The summed E-state index contributed by atoms with van der Waals surface area (Å²) in [6, 6.07) is 4.34. The van der Waals surface area contributed by atoms with Crippen LogP contribution in [0, 0.1) is 5.82 Å². The highest BCUT2D eigenvalue weighted by atomic mass is 19.1. The van der Waals surface area contributed by atoms with Crippen molar-refractivity contribution in [3.05, 3.63) is 42.2 Å². The lowest BCUT2D eigenvalue weighted by atomic mass is 10.1. The van der Waals surface area contributed by atoms with Gasteiger partial charge in [-0.3, -0.25) is 4.79 Å². The highest BCUT2D eigenvalue weighted by Crippen LogP contribution is 2.23. The van der Waals surface area contributed by atoms with Crippen LogP contribution in [0.15, 0.2) is 30.9 Å². The largest absolute Gasteiger partial charge is 0.487 e. The number of hydrogen-bond acceptors (Lipinski definition) is 4. The van der Waals surface area contributed by atoms with Crippen LogP contribution in [0.1, 0.15) is 18.4 Å². The predicted octanol–water partition coefficient (Wildman–Crippen LogP) is 2.62. The van der Waals surface area contributed by atoms with Crippen LogP contribution in [-0.2, 0) is 16.0 Å². The fourth-order valence-electron chi connectivity index (χ4n) is 2.46. The first-order valence-electron chi connectivity index (χ1n) is 7.69. The number of hydrogen-bond donors (Lipinski definition) is 1. The molecule has 1 amide bonds. The van der Waals surface area contributed by atoms with Gasteiger partial charge in [0.1, 0.15) is 12.7 Å². The summed E-state index contributed by atoms with van der Waals surface area (Å²) in [6.45, 7) is 4.31. The second kappa shape index (κ2) is 8.33. The molecule has 1 N–H and O–H groups in total. The van der Waals surface area contributed by atoms with Crippen LogP contribution in [0.5, 0.6) is 5.75 Å². The van der Waals surface area contributed by atoms with Crippen molar-refractivity contribution >= 4 is 12.1 Å². The zero-order valence-electron chi connectivity index (χ0n) is 13.2. The van der Waals surface area contributed by atoms with Gasteiger partial charge < -0.3 is 19.5 Å². The van der Waals surface area contributed by atoms with Crippen LogP contribution >= 0.6 is 0 Å². The van der Waals surface area contributed by atoms with E-state index in [1.54, 1.807) is 6.07 Å². The molecule has 1 aromatic carbocycles. The van der Waals surface area contributed by atoms with Gasteiger partial charge in [0.15, 0.2) is 11.6 Å². The molecule has 1 saturated heterocycles. The van der Waals surface area contributed by atoms with Gasteiger partial charge >= 0.3 is 12.1 Å². The van der Waals surface area contributed by atoms with Gasteiger partial charge in [-0.05, 0) is 17.7 Å². The lowest BCUT2D eigenvalue weighted by Crippen LogP contribution is -2.41. The third kappa shape index (κ3) is 4.97. The lowest BCUT2D eigenvalue weighted by molar-refractivity contribution is -0.141. The van der Waals surface area contributed by atoms with Crippen molar-refractivity contribution in [1.29, 1.82) is 0 Å². The van der Waals surface area contributed by atoms with Crippen molar-refractivity contribution in [3.8, 4) is 5.75 Å². The topological polar surface area (TPSA) is 76.1 Å². The van der Waals surface area contributed by atoms with Gasteiger partial charge in [0, 0.05) is 25.9 Å². The van der Waals surface area contributed by atoms with E-state index < -0.39 is 17.9 Å². The first kappa shape index (κ1) is 17.8. The summed E-state index contributed by atoms with van der Waals surface area (Å²) in [5, 5.41) is 8.90. The molecule has 6 nitrogen and oxygen atoms in total. The number of benzene rings is 1. The van der Waals surface area contributed by atoms with Crippen LogP contribution in [0.25, 0.3) is 0 Å². The van der Waals surface area contributed by atoms with Crippen LogP contribution in [0.3, 0.4) is 0 Å². The third-order valence-corrected chi connectivity index (χ3v) is 3.71. The number of likely N-dealkylation sites (tertiary alicyclic amines) is 1. The molecule has 0 radical (unpaired) electrons. The summed E-state index contributed by atoms with van der Waals surface area (Å²) in [6.07, 6.45) is 1.29. The Labute approximate surface area is 139 Å². The highest BCUT2D eigenvalue weighted by molar-refractivity contribution is 5.72. The molecule has 1 aromatic rings. The Morgan fingerprint density at radius 2 is 2.08 bits per heavy atom. The number of ether oxygens (including phenoxy) is 2. The molecule has 0 aromatic heterocycles. The number of halogens is 1. The van der Waals surface area contributed by atoms with Gasteiger partial charge in [0.25, 0.3) is 0 Å². The molecule has 0 spiro atoms. The minimum Gasteiger partial charge on any atom is -0.487 e. The Bertz CT molecular complexity index is 611. The van der Waals surface area contributed by atoms with Crippen molar-refractivity contribution in [2.24, 2.45) is 0 Å². The molecule has 1 aliphatic rings. The predicted molar refractivity (Wildman–Crippen MR) is 84.5 cm³/mol. The molecule has 0 atom stereocenters. The number of piperidine rings is 1. The van der Waals surface area contributed by atoms with E-state index in [1.807, 2.05) is 0 Å². The normalized spacial score (nSPS) is 15.0. The minimum atomic E-state index is -0.952. The monoisotopic (exact) mass is 337 g/mol. The smallest absolute Gasteiger partial charge is 0.407 e. The van der Waals surface area contributed by atoms with E-state index in [9.17, 15) is 14.0 Å². The van der Waals surface area contributed by atoms with E-state index in [0.717, 1.165) is 0 Å². The molecule has 1 aliphatic heterocycles. The number of rotatable bonds is 6. The first-order valence-corrected chi connectivity index (χ1v) is 7.69. The molecule has 1 heterocycles. The Balaban J connectivity index is 1.89. The van der Waals surface area contributed by atoms with Gasteiger partial charge in [-0.2, -0.15) is 0 Å². The average molecular weight is 337 g/mol. The number of carboxylic acid groups (broad SMARTS) is 1. The van der Waals surface area contributed by atoms with Crippen molar-refractivity contribution in [1.82, 2.24) is 4.90 Å². The number of carbonyl (C=O) groups excluding carboxylic acids is 1. The first-order chi connectivity index (χ1) is 11.5. The minimum absolute atomic E-state index is 0.0258. The highest BCUT2D eigenvalue weighted by Gasteiger charge is 2.24. The Morgan fingerprint density at radius 1 is 1.38 bits per heavy atom. The molecule has 24 heavy (non-hydrogen) atoms. The fourth-order valence-corrected chi connectivity index (χ4v) is 2.46. The summed E-state index contributed by atoms with van der Waals surface area (Å²) in [7, 11) is 0. The second-order valence-electron chi connectivity index (χ2n) is 5.50. The maximum atomic E-state index is 14.1. The summed E-state index contributed by atoms with van der Waals surface area (Å²) in [5.74, 6) is -0.902. The van der Waals surface area contributed by atoms with E-state index in [-0.39, 0.29) is 24.9 Å². The summed E-state index contributed by atoms with van der Waals surface area (Å²) in [4.78, 5) is 23.7. The van der Waals surface area contributed by atoms with Gasteiger partial charge in [-0.15, -0.1) is 0 Å². The third-order valence-electron chi connectivity index (χ3n) is 3.71. The number of esters is 1. The second-order valence-corrected chi connectivity index (χ2v) is 5.50. The fraction of sp³-hybridized carbons (Fsp3) is 0.412. The maximum absolute atomic E-state index is 14.1. The quantitative estimate of drug-likeness (QED) is 0.638. The van der Waals surface area contributed by atoms with E-state index in [4.69, 9.17) is 14.6 Å². The van der Waals surface area contributed by atoms with Gasteiger partial charge in [-0.25, -0.2) is 9.18 Å². The molecule has 0 saturated carbocycles. The Hall–Kier alpha value is -2.57.